The van der Waals surface area contributed by atoms with Gasteiger partial charge in [-0.1, -0.05) is 13.8 Å². The Bertz CT molecular complexity index is 412. The Hall–Kier alpha value is -0.870. The molecule has 0 aromatic carbocycles. The number of nitrogens with one attached hydrogen (secondary N) is 1. The molecule has 1 aliphatic rings. The molecule has 0 radical (unpaired) electrons. The van der Waals surface area contributed by atoms with Gasteiger partial charge in [-0.25, -0.2) is 0 Å². The quantitative estimate of drug-likeness (QED) is 0.755. The predicted molar refractivity (Wildman–Crippen MR) is 77.2 cm³/mol. The molecule has 0 amide bonds. The molecular formula is C15H27N3O. The lowest BCUT2D eigenvalue weighted by atomic mass is 9.99. The summed E-state index contributed by atoms with van der Waals surface area (Å²) in [5.74, 6) is 0. The molecule has 1 aromatic heterocycles. The third-order valence-corrected chi connectivity index (χ3v) is 3.99. The van der Waals surface area contributed by atoms with Crippen LogP contribution in [0.2, 0.25) is 0 Å². The SMILES string of the molecule is CCc1cc(CC)n(CCC(C)(CO)NC2CC2)n1. The van der Waals surface area contributed by atoms with Gasteiger partial charge in [0.15, 0.2) is 0 Å². The molecule has 1 unspecified atom stereocenters. The Morgan fingerprint density at radius 3 is 2.68 bits per heavy atom. The van der Waals surface area contributed by atoms with Crippen LogP contribution in [-0.4, -0.2) is 33.1 Å². The third kappa shape index (κ3) is 3.80. The van der Waals surface area contributed by atoms with E-state index in [-0.39, 0.29) is 12.1 Å². The number of rotatable bonds is 8. The van der Waals surface area contributed by atoms with Crippen molar-refractivity contribution < 1.29 is 5.11 Å². The van der Waals surface area contributed by atoms with Crippen LogP contribution in [0.15, 0.2) is 6.07 Å². The number of nitrogens with zero attached hydrogens (tertiary/aromatic N) is 2. The highest BCUT2D eigenvalue weighted by Crippen LogP contribution is 2.24. The summed E-state index contributed by atoms with van der Waals surface area (Å²) in [5.41, 5.74) is 2.28. The van der Waals surface area contributed by atoms with Crippen molar-refractivity contribution in [1.82, 2.24) is 15.1 Å². The predicted octanol–water partition coefficient (Wildman–Crippen LogP) is 1.90. The van der Waals surface area contributed by atoms with Crippen LogP contribution in [0.4, 0.5) is 0 Å². The summed E-state index contributed by atoms with van der Waals surface area (Å²) in [7, 11) is 0. The molecule has 1 aromatic rings. The molecule has 1 heterocycles. The standard InChI is InChI=1S/C15H27N3O/c1-4-12-10-14(5-2)18(17-12)9-8-15(3,11-19)16-13-6-7-13/h10,13,16,19H,4-9,11H2,1-3H3. The Morgan fingerprint density at radius 2 is 2.16 bits per heavy atom. The van der Waals surface area contributed by atoms with Crippen LogP contribution in [0, 0.1) is 0 Å². The van der Waals surface area contributed by atoms with Gasteiger partial charge in [-0.15, -0.1) is 0 Å². The maximum Gasteiger partial charge on any atom is 0.0624 e. The van der Waals surface area contributed by atoms with Gasteiger partial charge in [-0.05, 0) is 45.1 Å². The van der Waals surface area contributed by atoms with E-state index in [1.54, 1.807) is 0 Å². The van der Waals surface area contributed by atoms with Crippen LogP contribution in [0.3, 0.4) is 0 Å². The van der Waals surface area contributed by atoms with Crippen molar-refractivity contribution in [3.63, 3.8) is 0 Å². The maximum atomic E-state index is 9.63. The lowest BCUT2D eigenvalue weighted by Gasteiger charge is -2.29. The summed E-state index contributed by atoms with van der Waals surface area (Å²) in [6, 6.07) is 2.82. The van der Waals surface area contributed by atoms with Crippen LogP contribution in [0.5, 0.6) is 0 Å². The Morgan fingerprint density at radius 1 is 1.42 bits per heavy atom. The summed E-state index contributed by atoms with van der Waals surface area (Å²) in [6.45, 7) is 7.48. The smallest absolute Gasteiger partial charge is 0.0624 e. The van der Waals surface area contributed by atoms with Gasteiger partial charge in [0, 0.05) is 23.8 Å². The Kier molecular flexibility index (Phi) is 4.63. The summed E-state index contributed by atoms with van der Waals surface area (Å²) in [4.78, 5) is 0. The second-order valence-electron chi connectivity index (χ2n) is 5.94. The fourth-order valence-electron chi connectivity index (χ4n) is 2.44. The number of aliphatic hydroxyl groups excluding tert-OH is 1. The van der Waals surface area contributed by atoms with Crippen LogP contribution in [-0.2, 0) is 19.4 Å². The van der Waals surface area contributed by atoms with Crippen molar-refractivity contribution in [3.8, 4) is 0 Å². The first-order chi connectivity index (χ1) is 9.10. The second-order valence-corrected chi connectivity index (χ2v) is 5.94. The van der Waals surface area contributed by atoms with Gasteiger partial charge in [0.05, 0.1) is 12.3 Å². The minimum Gasteiger partial charge on any atom is -0.394 e. The number of hydrogen-bond donors (Lipinski definition) is 2. The zero-order valence-electron chi connectivity index (χ0n) is 12.4. The molecule has 1 atom stereocenters. The largest absolute Gasteiger partial charge is 0.394 e. The zero-order chi connectivity index (χ0) is 13.9. The van der Waals surface area contributed by atoms with Gasteiger partial charge >= 0.3 is 0 Å². The molecule has 2 rings (SSSR count). The molecule has 1 fully saturated rings. The lowest BCUT2D eigenvalue weighted by molar-refractivity contribution is 0.157. The molecule has 108 valence electrons. The van der Waals surface area contributed by atoms with Crippen molar-refractivity contribution >= 4 is 0 Å². The number of aromatic nitrogens is 2. The number of aryl methyl sites for hydroxylation is 3. The van der Waals surface area contributed by atoms with E-state index in [0.717, 1.165) is 31.5 Å². The van der Waals surface area contributed by atoms with E-state index in [4.69, 9.17) is 0 Å². The normalized spacial score (nSPS) is 18.5. The van der Waals surface area contributed by atoms with Gasteiger partial charge in [0.2, 0.25) is 0 Å². The van der Waals surface area contributed by atoms with Crippen LogP contribution < -0.4 is 5.32 Å². The first-order valence-electron chi connectivity index (χ1n) is 7.54. The summed E-state index contributed by atoms with van der Waals surface area (Å²) < 4.78 is 2.11. The monoisotopic (exact) mass is 265 g/mol. The first-order valence-corrected chi connectivity index (χ1v) is 7.54. The lowest BCUT2D eigenvalue weighted by Crippen LogP contribution is -2.47. The molecular weight excluding hydrogens is 238 g/mol. The zero-order valence-corrected chi connectivity index (χ0v) is 12.4. The van der Waals surface area contributed by atoms with Gasteiger partial charge in [-0.2, -0.15) is 5.10 Å². The first kappa shape index (κ1) is 14.5. The number of hydrogen-bond acceptors (Lipinski definition) is 3. The fraction of sp³-hybridized carbons (Fsp3) is 0.800. The summed E-state index contributed by atoms with van der Waals surface area (Å²) >= 11 is 0. The molecule has 19 heavy (non-hydrogen) atoms. The van der Waals surface area contributed by atoms with E-state index in [1.807, 2.05) is 0 Å². The van der Waals surface area contributed by atoms with Crippen molar-refractivity contribution in [2.75, 3.05) is 6.61 Å². The summed E-state index contributed by atoms with van der Waals surface area (Å²) in [5, 5.41) is 17.8. The maximum absolute atomic E-state index is 9.63. The van der Waals surface area contributed by atoms with Crippen LogP contribution in [0.25, 0.3) is 0 Å². The van der Waals surface area contributed by atoms with Gasteiger partial charge in [0.1, 0.15) is 0 Å². The van der Waals surface area contributed by atoms with Crippen molar-refractivity contribution in [3.05, 3.63) is 17.5 Å². The fourth-order valence-corrected chi connectivity index (χ4v) is 2.44. The highest BCUT2D eigenvalue weighted by molar-refractivity contribution is 5.10. The van der Waals surface area contributed by atoms with E-state index in [0.29, 0.717) is 6.04 Å². The minimum absolute atomic E-state index is 0.176. The molecule has 0 spiro atoms. The van der Waals surface area contributed by atoms with Gasteiger partial charge in [0.25, 0.3) is 0 Å². The molecule has 0 saturated heterocycles. The van der Waals surface area contributed by atoms with E-state index in [9.17, 15) is 5.11 Å². The van der Waals surface area contributed by atoms with Crippen LogP contribution >= 0.6 is 0 Å². The minimum atomic E-state index is -0.176. The van der Waals surface area contributed by atoms with Gasteiger partial charge < -0.3 is 10.4 Å². The molecule has 0 aliphatic heterocycles. The van der Waals surface area contributed by atoms with E-state index in [1.165, 1.54) is 18.5 Å². The molecule has 1 aliphatic carbocycles. The highest BCUT2D eigenvalue weighted by Gasteiger charge is 2.31. The topological polar surface area (TPSA) is 50.1 Å². The van der Waals surface area contributed by atoms with Crippen molar-refractivity contribution in [2.24, 2.45) is 0 Å². The molecule has 4 heteroatoms. The Balaban J connectivity index is 1.97. The van der Waals surface area contributed by atoms with Gasteiger partial charge in [-0.3, -0.25) is 4.68 Å². The van der Waals surface area contributed by atoms with E-state index in [2.05, 4.69) is 41.9 Å². The molecule has 4 nitrogen and oxygen atoms in total. The average molecular weight is 265 g/mol. The van der Waals surface area contributed by atoms with Crippen molar-refractivity contribution in [1.29, 1.82) is 0 Å². The average Bonchev–Trinajstić information content (AvgIpc) is 3.13. The Labute approximate surface area is 116 Å². The summed E-state index contributed by atoms with van der Waals surface area (Å²) in [6.07, 6.45) is 5.41. The highest BCUT2D eigenvalue weighted by atomic mass is 16.3. The second kappa shape index (κ2) is 6.06. The third-order valence-electron chi connectivity index (χ3n) is 3.99. The van der Waals surface area contributed by atoms with E-state index < -0.39 is 0 Å². The van der Waals surface area contributed by atoms with E-state index >= 15 is 0 Å². The molecule has 2 N–H and O–H groups in total. The molecule has 1 saturated carbocycles. The van der Waals surface area contributed by atoms with Crippen LogP contribution in [0.1, 0.15) is 51.4 Å². The number of aliphatic hydroxyl groups is 1. The van der Waals surface area contributed by atoms with Crippen molar-refractivity contribution in [2.45, 2.75) is 71.0 Å². The molecule has 0 bridgehead atoms.